The molecule has 3 atom stereocenters. The van der Waals surface area contributed by atoms with Crippen molar-refractivity contribution in [1.82, 2.24) is 14.9 Å². The molecule has 6 nitrogen and oxygen atoms in total. The molecule has 2 fully saturated rings. The standard InChI is InChI=1S/C14H14ClN5OS/c15-10-2-1-9-11(18-10)22-13(17-9)19-12-16-6-14(21-12)7-20-4-3-8(14)5-20/h1-2,8H,3-7H2,(H,16,17,19)/t8-,14-/m0/s1. The van der Waals surface area contributed by atoms with Gasteiger partial charge in [-0.3, -0.25) is 10.2 Å². The Kier molecular flexibility index (Phi) is 2.69. The van der Waals surface area contributed by atoms with Crippen LogP contribution in [0.1, 0.15) is 6.42 Å². The molecule has 0 amide bonds. The van der Waals surface area contributed by atoms with E-state index >= 15 is 0 Å². The molecular weight excluding hydrogens is 322 g/mol. The highest BCUT2D eigenvalue weighted by molar-refractivity contribution is 7.22. The topological polar surface area (TPSA) is 62.6 Å². The summed E-state index contributed by atoms with van der Waals surface area (Å²) in [7, 11) is 0. The van der Waals surface area contributed by atoms with Gasteiger partial charge < -0.3 is 4.74 Å². The van der Waals surface area contributed by atoms with Crippen molar-refractivity contribution in [2.75, 3.05) is 31.5 Å². The Morgan fingerprint density at radius 2 is 2.36 bits per heavy atom. The summed E-state index contributed by atoms with van der Waals surface area (Å²) in [5.74, 6) is 0.603. The molecular formula is C14H14ClN5OS. The van der Waals surface area contributed by atoms with Gasteiger partial charge in [0.05, 0.1) is 6.54 Å². The van der Waals surface area contributed by atoms with Crippen LogP contribution in [-0.2, 0) is 4.74 Å². The number of nitrogens with zero attached hydrogens (tertiary/aromatic N) is 4. The zero-order chi connectivity index (χ0) is 14.7. The number of nitrogens with one attached hydrogen (secondary N) is 1. The molecule has 22 heavy (non-hydrogen) atoms. The summed E-state index contributed by atoms with van der Waals surface area (Å²) >= 11 is 7.37. The molecule has 2 saturated heterocycles. The highest BCUT2D eigenvalue weighted by Crippen LogP contribution is 2.41. The van der Waals surface area contributed by atoms with Crippen LogP contribution in [0.4, 0.5) is 5.13 Å². The number of piperidine rings is 1. The molecule has 1 N–H and O–H groups in total. The van der Waals surface area contributed by atoms with Crippen molar-refractivity contribution in [3.8, 4) is 0 Å². The van der Waals surface area contributed by atoms with Crippen molar-refractivity contribution < 1.29 is 4.74 Å². The molecule has 5 rings (SSSR count). The first kappa shape index (κ1) is 13.0. The second-order valence-electron chi connectivity index (χ2n) is 6.11. The van der Waals surface area contributed by atoms with Crippen LogP contribution in [-0.4, -0.2) is 52.7 Å². The van der Waals surface area contributed by atoms with E-state index in [-0.39, 0.29) is 5.60 Å². The summed E-state index contributed by atoms with van der Waals surface area (Å²) in [6.07, 6.45) is 1.21. The minimum absolute atomic E-state index is 0.112. The van der Waals surface area contributed by atoms with Crippen LogP contribution in [0.5, 0.6) is 0 Å². The normalized spacial score (nSPS) is 32.7. The van der Waals surface area contributed by atoms with Crippen LogP contribution in [0.25, 0.3) is 10.3 Å². The van der Waals surface area contributed by atoms with Crippen molar-refractivity contribution in [2.24, 2.45) is 10.9 Å². The van der Waals surface area contributed by atoms with Crippen molar-refractivity contribution >= 4 is 44.4 Å². The lowest BCUT2D eigenvalue weighted by molar-refractivity contribution is 0.0364. The lowest BCUT2D eigenvalue weighted by Gasteiger charge is -2.31. The maximum atomic E-state index is 6.18. The van der Waals surface area contributed by atoms with Crippen LogP contribution in [0, 0.1) is 5.92 Å². The summed E-state index contributed by atoms with van der Waals surface area (Å²) in [4.78, 5) is 16.6. The smallest absolute Gasteiger partial charge is 0.291 e. The first-order valence-electron chi connectivity index (χ1n) is 7.36. The predicted octanol–water partition coefficient (Wildman–Crippen LogP) is 2.22. The number of aliphatic imine (C=N–C) groups is 1. The van der Waals surface area contributed by atoms with E-state index in [1.54, 1.807) is 6.07 Å². The lowest BCUT2D eigenvalue weighted by Crippen LogP contribution is -2.46. The molecule has 0 aromatic carbocycles. The summed E-state index contributed by atoms with van der Waals surface area (Å²) in [6, 6.07) is 4.20. The van der Waals surface area contributed by atoms with Gasteiger partial charge in [0.2, 0.25) is 0 Å². The van der Waals surface area contributed by atoms with E-state index in [9.17, 15) is 0 Å². The number of hydrogen-bond acceptors (Lipinski definition) is 7. The average molecular weight is 336 g/mol. The predicted molar refractivity (Wildman–Crippen MR) is 86.7 cm³/mol. The van der Waals surface area contributed by atoms with Crippen molar-refractivity contribution in [3.05, 3.63) is 17.3 Å². The second-order valence-corrected chi connectivity index (χ2v) is 7.48. The number of fused-ring (bicyclic) bond motifs is 4. The highest BCUT2D eigenvalue weighted by Gasteiger charge is 2.54. The Bertz CT molecular complexity index is 793. The quantitative estimate of drug-likeness (QED) is 0.810. The summed E-state index contributed by atoms with van der Waals surface area (Å²) in [5, 5.41) is 4.41. The first-order chi connectivity index (χ1) is 10.7. The molecule has 0 aliphatic carbocycles. The summed E-state index contributed by atoms with van der Waals surface area (Å²) in [5.41, 5.74) is 0.718. The molecule has 3 aliphatic rings. The molecule has 2 aromatic heterocycles. The van der Waals surface area contributed by atoms with E-state index in [0.717, 1.165) is 35.1 Å². The van der Waals surface area contributed by atoms with Gasteiger partial charge in [-0.2, -0.15) is 0 Å². The number of hydrogen-bond donors (Lipinski definition) is 1. The SMILES string of the molecule is Clc1ccc2nc(NC3=NC[C@@]4(CN5CC[C@H]4C5)O3)sc2n1. The zero-order valence-corrected chi connectivity index (χ0v) is 13.3. The Hall–Kier alpha value is -1.44. The molecule has 1 spiro atoms. The minimum atomic E-state index is -0.112. The maximum Gasteiger partial charge on any atom is 0.291 e. The number of amidine groups is 1. The van der Waals surface area contributed by atoms with Gasteiger partial charge in [-0.25, -0.2) is 15.0 Å². The number of rotatable bonds is 1. The molecule has 8 heteroatoms. The van der Waals surface area contributed by atoms with Crippen LogP contribution in [0.15, 0.2) is 17.1 Å². The zero-order valence-electron chi connectivity index (χ0n) is 11.8. The lowest BCUT2D eigenvalue weighted by atomic mass is 9.88. The third-order valence-corrected chi connectivity index (χ3v) is 5.82. The number of thiazole rings is 1. The molecule has 0 radical (unpaired) electrons. The number of pyridine rings is 1. The van der Waals surface area contributed by atoms with Gasteiger partial charge in [-0.1, -0.05) is 22.9 Å². The Labute approximate surface area is 136 Å². The Morgan fingerprint density at radius 1 is 1.41 bits per heavy atom. The van der Waals surface area contributed by atoms with Crippen LogP contribution in [0.3, 0.4) is 0 Å². The van der Waals surface area contributed by atoms with Crippen LogP contribution < -0.4 is 5.32 Å². The van der Waals surface area contributed by atoms with E-state index < -0.39 is 0 Å². The number of halogens is 1. The van der Waals surface area contributed by atoms with Gasteiger partial charge in [0.25, 0.3) is 6.02 Å². The van der Waals surface area contributed by atoms with Gasteiger partial charge in [0.15, 0.2) is 5.13 Å². The van der Waals surface area contributed by atoms with Gasteiger partial charge >= 0.3 is 0 Å². The maximum absolute atomic E-state index is 6.18. The number of ether oxygens (including phenoxy) is 1. The van der Waals surface area contributed by atoms with Crippen LogP contribution >= 0.6 is 22.9 Å². The molecule has 5 heterocycles. The summed E-state index contributed by atoms with van der Waals surface area (Å²) in [6.45, 7) is 4.07. The van der Waals surface area contributed by atoms with Gasteiger partial charge in [-0.05, 0) is 25.1 Å². The van der Waals surface area contributed by atoms with Crippen molar-refractivity contribution in [2.45, 2.75) is 12.0 Å². The highest BCUT2D eigenvalue weighted by atomic mass is 35.5. The fourth-order valence-electron chi connectivity index (χ4n) is 3.68. The van der Waals surface area contributed by atoms with E-state index in [1.807, 2.05) is 6.07 Å². The molecule has 2 bridgehead atoms. The average Bonchev–Trinajstić information content (AvgIpc) is 3.23. The van der Waals surface area contributed by atoms with Gasteiger partial charge in [-0.15, -0.1) is 0 Å². The largest absolute Gasteiger partial charge is 0.455 e. The second kappa shape index (κ2) is 4.53. The van der Waals surface area contributed by atoms with Gasteiger partial charge in [0.1, 0.15) is 21.1 Å². The van der Waals surface area contributed by atoms with Crippen LogP contribution in [0.2, 0.25) is 5.15 Å². The molecule has 1 unspecified atom stereocenters. The third-order valence-electron chi connectivity index (χ3n) is 4.73. The van der Waals surface area contributed by atoms with E-state index in [2.05, 4.69) is 25.2 Å². The van der Waals surface area contributed by atoms with E-state index in [4.69, 9.17) is 16.3 Å². The van der Waals surface area contributed by atoms with Crippen molar-refractivity contribution in [3.63, 3.8) is 0 Å². The van der Waals surface area contributed by atoms with E-state index in [0.29, 0.717) is 17.1 Å². The molecule has 3 aliphatic heterocycles. The molecule has 114 valence electrons. The Morgan fingerprint density at radius 3 is 3.18 bits per heavy atom. The molecule has 2 aromatic rings. The first-order valence-corrected chi connectivity index (χ1v) is 8.56. The fourth-order valence-corrected chi connectivity index (χ4v) is 4.70. The fraction of sp³-hybridized carbons (Fsp3) is 0.500. The van der Waals surface area contributed by atoms with Gasteiger partial charge in [0, 0.05) is 19.0 Å². The summed E-state index contributed by atoms with van der Waals surface area (Å²) < 4.78 is 6.18. The van der Waals surface area contributed by atoms with E-state index in [1.165, 1.54) is 24.3 Å². The van der Waals surface area contributed by atoms with Crippen molar-refractivity contribution in [1.29, 1.82) is 0 Å². The third kappa shape index (κ3) is 1.92. The number of aromatic nitrogens is 2. The molecule has 0 saturated carbocycles. The number of anilines is 1. The monoisotopic (exact) mass is 335 g/mol. The Balaban J connectivity index is 1.35. The minimum Gasteiger partial charge on any atom is -0.455 e.